The van der Waals surface area contributed by atoms with Crippen LogP contribution in [0.5, 0.6) is 0 Å². The summed E-state index contributed by atoms with van der Waals surface area (Å²) in [6, 6.07) is 58.1. The van der Waals surface area contributed by atoms with Crippen LogP contribution in [0, 0.1) is 0 Å². The van der Waals surface area contributed by atoms with Crippen LogP contribution in [0.15, 0.2) is 170 Å². The molecule has 10 atom stereocenters. The smallest absolute Gasteiger partial charge is 0.238 e. The first-order valence-electron chi connectivity index (χ1n) is 29.4. The van der Waals surface area contributed by atoms with Gasteiger partial charge in [-0.25, -0.2) is 0 Å². The number of rotatable bonds is 16. The molecule has 14 heteroatoms. The highest BCUT2D eigenvalue weighted by Crippen LogP contribution is 2.40. The zero-order valence-corrected chi connectivity index (χ0v) is 48.0. The summed E-state index contributed by atoms with van der Waals surface area (Å²) in [7, 11) is 6.73. The highest BCUT2D eigenvalue weighted by atomic mass is 16.6. The van der Waals surface area contributed by atoms with Crippen molar-refractivity contribution in [2.45, 2.75) is 87.1 Å². The SMILES string of the molecule is CO[C@@H]1[C@@H](OCc2ccccc2)[C@H](OC)[C@H]2CN(CC(=O)Nc3ccc4ccc5cccc6ccc3c4c56)CC[C@H]3O[C@H](CN(CC(=O)Nc4ccc5ccc6cccc7ccc4c5c67)CC[C@H]1O2)[C@@H](OC)[C@H](OCc1ccccc1)[C@H]3OC. The molecular formula is C70H72N4O10. The molecule has 3 aliphatic heterocycles. The summed E-state index contributed by atoms with van der Waals surface area (Å²) in [5.74, 6) is -0.353. The Balaban J connectivity index is 0.842. The molecule has 0 aromatic heterocycles. The van der Waals surface area contributed by atoms with Gasteiger partial charge in [0.15, 0.2) is 0 Å². The van der Waals surface area contributed by atoms with E-state index in [9.17, 15) is 9.59 Å². The molecule has 3 fully saturated rings. The lowest BCUT2D eigenvalue weighted by Crippen LogP contribution is -2.64. The number of carbonyl (C=O) groups is 2. The van der Waals surface area contributed by atoms with Crippen LogP contribution >= 0.6 is 0 Å². The first kappa shape index (κ1) is 56.0. The maximum absolute atomic E-state index is 14.8. The predicted octanol–water partition coefficient (Wildman–Crippen LogP) is 11.2. The Bertz CT molecular complexity index is 3600. The van der Waals surface area contributed by atoms with Crippen LogP contribution < -0.4 is 10.6 Å². The van der Waals surface area contributed by atoms with Gasteiger partial charge in [-0.3, -0.25) is 19.4 Å². The molecule has 84 heavy (non-hydrogen) atoms. The first-order chi connectivity index (χ1) is 41.2. The van der Waals surface area contributed by atoms with Gasteiger partial charge in [-0.2, -0.15) is 0 Å². The summed E-state index contributed by atoms with van der Waals surface area (Å²) in [4.78, 5) is 33.9. The lowest BCUT2D eigenvalue weighted by molar-refractivity contribution is -0.261. The van der Waals surface area contributed by atoms with Crippen molar-refractivity contribution >= 4 is 87.8 Å². The molecule has 0 saturated carbocycles. The third-order valence-electron chi connectivity index (χ3n) is 17.8. The highest BCUT2D eigenvalue weighted by Gasteiger charge is 2.50. The number of fused-ring (bicyclic) bond motifs is 4. The molecule has 432 valence electrons. The molecule has 0 spiro atoms. The van der Waals surface area contributed by atoms with Crippen LogP contribution in [0.4, 0.5) is 11.4 Å². The molecule has 4 bridgehead atoms. The Labute approximate surface area is 489 Å². The average molecular weight is 1130 g/mol. The van der Waals surface area contributed by atoms with E-state index in [4.69, 9.17) is 37.9 Å². The van der Waals surface area contributed by atoms with E-state index in [0.717, 1.165) is 76.4 Å². The largest absolute Gasteiger partial charge is 0.376 e. The van der Waals surface area contributed by atoms with Crippen LogP contribution in [0.1, 0.15) is 24.0 Å². The number of hydrogen-bond acceptors (Lipinski definition) is 12. The van der Waals surface area contributed by atoms with Gasteiger partial charge in [-0.05, 0) is 90.0 Å². The number of anilines is 2. The Morgan fingerprint density at radius 3 is 1.13 bits per heavy atom. The molecule has 3 heterocycles. The normalized spacial score (nSPS) is 24.8. The van der Waals surface area contributed by atoms with Crippen LogP contribution in [0.2, 0.25) is 0 Å². The quantitative estimate of drug-likeness (QED) is 0.0891. The van der Waals surface area contributed by atoms with Crippen LogP contribution in [0.3, 0.4) is 0 Å². The second-order valence-electron chi connectivity index (χ2n) is 22.8. The predicted molar refractivity (Wildman–Crippen MR) is 330 cm³/mol. The van der Waals surface area contributed by atoms with E-state index in [2.05, 4.69) is 117 Å². The topological polar surface area (TPSA) is 139 Å². The maximum Gasteiger partial charge on any atom is 0.238 e. The number of nitrogens with one attached hydrogen (secondary N) is 2. The van der Waals surface area contributed by atoms with E-state index in [1.807, 2.05) is 72.8 Å². The van der Waals surface area contributed by atoms with Crippen molar-refractivity contribution in [3.8, 4) is 0 Å². The lowest BCUT2D eigenvalue weighted by atomic mass is 9.90. The summed E-state index contributed by atoms with van der Waals surface area (Å²) in [6.45, 7) is 2.11. The van der Waals surface area contributed by atoms with Gasteiger partial charge in [-0.15, -0.1) is 0 Å². The third-order valence-corrected chi connectivity index (χ3v) is 17.8. The van der Waals surface area contributed by atoms with Crippen LogP contribution in [-0.2, 0) is 60.7 Å². The maximum atomic E-state index is 14.8. The molecule has 10 aromatic rings. The Morgan fingerprint density at radius 2 is 0.750 bits per heavy atom. The number of methoxy groups -OCH3 is 4. The number of ether oxygens (including phenoxy) is 8. The Morgan fingerprint density at radius 1 is 0.405 bits per heavy atom. The van der Waals surface area contributed by atoms with Crippen molar-refractivity contribution < 1.29 is 47.5 Å². The molecular weight excluding hydrogens is 1060 g/mol. The van der Waals surface area contributed by atoms with E-state index < -0.39 is 61.0 Å². The van der Waals surface area contributed by atoms with Gasteiger partial charge in [0.2, 0.25) is 11.8 Å². The van der Waals surface area contributed by atoms with Gasteiger partial charge in [0.1, 0.15) is 36.6 Å². The van der Waals surface area contributed by atoms with E-state index in [-0.39, 0.29) is 24.9 Å². The van der Waals surface area contributed by atoms with E-state index in [1.165, 1.54) is 10.8 Å². The van der Waals surface area contributed by atoms with Gasteiger partial charge in [0.05, 0.1) is 50.7 Å². The summed E-state index contributed by atoms with van der Waals surface area (Å²) in [6.07, 6.45) is -4.80. The molecule has 2 amide bonds. The zero-order chi connectivity index (χ0) is 57.3. The van der Waals surface area contributed by atoms with Gasteiger partial charge < -0.3 is 48.5 Å². The summed E-state index contributed by atoms with van der Waals surface area (Å²) >= 11 is 0. The number of nitrogens with zero attached hydrogens (tertiary/aromatic N) is 2. The monoisotopic (exact) mass is 1130 g/mol. The average Bonchev–Trinajstić information content (AvgIpc) is 3.60. The van der Waals surface area contributed by atoms with Gasteiger partial charge in [-0.1, -0.05) is 158 Å². The summed E-state index contributed by atoms with van der Waals surface area (Å²) in [5, 5.41) is 20.1. The molecule has 14 nitrogen and oxygen atoms in total. The fourth-order valence-corrected chi connectivity index (χ4v) is 13.9. The number of hydrogen-bond donors (Lipinski definition) is 2. The molecule has 2 N–H and O–H groups in total. The van der Waals surface area contributed by atoms with Gasteiger partial charge >= 0.3 is 0 Å². The van der Waals surface area contributed by atoms with Crippen molar-refractivity contribution in [1.29, 1.82) is 0 Å². The van der Waals surface area contributed by atoms with E-state index in [0.29, 0.717) is 52.2 Å². The van der Waals surface area contributed by atoms with Gasteiger partial charge in [0, 0.05) is 76.8 Å². The molecule has 10 aromatic carbocycles. The molecule has 0 aliphatic carbocycles. The Hall–Kier alpha value is -7.18. The van der Waals surface area contributed by atoms with Gasteiger partial charge in [0.25, 0.3) is 0 Å². The zero-order valence-electron chi connectivity index (χ0n) is 48.0. The Kier molecular flexibility index (Phi) is 16.5. The number of carbonyl (C=O) groups excluding carboxylic acids is 2. The van der Waals surface area contributed by atoms with Crippen molar-refractivity contribution in [2.24, 2.45) is 0 Å². The fraction of sp³-hybridized carbons (Fsp3) is 0.343. The third kappa shape index (κ3) is 11.2. The molecule has 3 saturated heterocycles. The minimum Gasteiger partial charge on any atom is -0.376 e. The van der Waals surface area contributed by atoms with Crippen molar-refractivity contribution in [3.63, 3.8) is 0 Å². The van der Waals surface area contributed by atoms with Crippen LogP contribution in [0.25, 0.3) is 64.6 Å². The first-order valence-corrected chi connectivity index (χ1v) is 29.4. The second-order valence-corrected chi connectivity index (χ2v) is 22.8. The summed E-state index contributed by atoms with van der Waals surface area (Å²) < 4.78 is 54.1. The minimum atomic E-state index is -0.599. The highest BCUT2D eigenvalue weighted by molar-refractivity contribution is 6.27. The molecule has 3 aliphatic rings. The minimum absolute atomic E-state index is 0.0314. The summed E-state index contributed by atoms with van der Waals surface area (Å²) in [5.41, 5.74) is 3.50. The fourth-order valence-electron chi connectivity index (χ4n) is 13.9. The van der Waals surface area contributed by atoms with Crippen molar-refractivity contribution in [2.75, 3.05) is 78.3 Å². The number of benzene rings is 10. The standard InChI is InChI=1S/C70H72N4O10/c1-77-65-55-33-35-73(39-59(75)71-53-31-27-49-23-21-45-17-11-19-47-25-29-51(53)63(49)61(45)47)38-58-68(80-4)70(82-42-44-15-9-6-10-16-44)66(78-2)56(84-58)34-36-74(37-57(83-55)67(79-3)69(65)81-41-43-13-7-5-8-14-43)40-60(76)72-54-32-28-50-24-22-46-18-12-20-48-26-30-52(54)64(50)62(46)48/h5-32,55-58,65-70H,33-42H2,1-4H3,(H,71,75)(H,72,76)/t55-,56-,57-,58-,65+,66+,67-,68-,69-,70-/m1/s1. The molecule has 13 rings (SSSR count). The van der Waals surface area contributed by atoms with E-state index in [1.54, 1.807) is 28.4 Å². The van der Waals surface area contributed by atoms with Crippen molar-refractivity contribution in [1.82, 2.24) is 9.80 Å². The second kappa shape index (κ2) is 24.8. The molecule has 0 radical (unpaired) electrons. The number of amides is 2. The van der Waals surface area contributed by atoms with Crippen LogP contribution in [-0.4, -0.2) is 150 Å². The van der Waals surface area contributed by atoms with Crippen molar-refractivity contribution in [3.05, 3.63) is 181 Å². The van der Waals surface area contributed by atoms with E-state index >= 15 is 0 Å². The lowest BCUT2D eigenvalue weighted by Gasteiger charge is -2.49. The molecule has 0 unspecified atom stereocenters.